The quantitative estimate of drug-likeness (QED) is 0.745. The first kappa shape index (κ1) is 19.5. The average Bonchev–Trinajstić information content (AvgIpc) is 3.02. The van der Waals surface area contributed by atoms with Crippen LogP contribution in [0.3, 0.4) is 0 Å². The van der Waals surface area contributed by atoms with Gasteiger partial charge in [0.05, 0.1) is 23.7 Å². The van der Waals surface area contributed by atoms with Crippen molar-refractivity contribution in [1.29, 1.82) is 0 Å². The lowest BCUT2D eigenvalue weighted by atomic mass is 10.1. The molecule has 1 aromatic heterocycles. The minimum Gasteiger partial charge on any atom is -0.340 e. The summed E-state index contributed by atoms with van der Waals surface area (Å²) in [5.74, 6) is 0.0176. The standard InChI is InChI=1S/C18H21Cl3N4O/c1-13(10-25-12-16(20)9-22-25)18(26)24-6-4-23(5-7-24)11-14-2-3-15(19)8-17(14)21/h2-3,8-9,12-13H,4-7,10-11H2,1H3. The maximum absolute atomic E-state index is 12.7. The Kier molecular flexibility index (Phi) is 6.46. The molecule has 0 radical (unpaired) electrons. The first-order valence-corrected chi connectivity index (χ1v) is 9.69. The second kappa shape index (κ2) is 8.61. The first-order valence-electron chi connectivity index (χ1n) is 8.55. The molecule has 0 saturated carbocycles. The van der Waals surface area contributed by atoms with Gasteiger partial charge in [-0.15, -0.1) is 0 Å². The molecular weight excluding hydrogens is 395 g/mol. The van der Waals surface area contributed by atoms with Crippen molar-refractivity contribution >= 4 is 40.7 Å². The molecule has 0 spiro atoms. The van der Waals surface area contributed by atoms with Gasteiger partial charge in [-0.05, 0) is 17.7 Å². The summed E-state index contributed by atoms with van der Waals surface area (Å²) in [7, 11) is 0. The topological polar surface area (TPSA) is 41.4 Å². The zero-order chi connectivity index (χ0) is 18.7. The van der Waals surface area contributed by atoms with Gasteiger partial charge in [0, 0.05) is 49.0 Å². The van der Waals surface area contributed by atoms with Crippen LogP contribution in [0.15, 0.2) is 30.6 Å². The van der Waals surface area contributed by atoms with Crippen molar-refractivity contribution in [3.8, 4) is 0 Å². The summed E-state index contributed by atoms with van der Waals surface area (Å²) < 4.78 is 1.71. The van der Waals surface area contributed by atoms with Gasteiger partial charge in [0.2, 0.25) is 5.91 Å². The third-order valence-corrected chi connectivity index (χ3v) is 5.36. The van der Waals surface area contributed by atoms with Crippen LogP contribution in [-0.4, -0.2) is 51.7 Å². The predicted molar refractivity (Wildman–Crippen MR) is 105 cm³/mol. The lowest BCUT2D eigenvalue weighted by Crippen LogP contribution is -2.50. The summed E-state index contributed by atoms with van der Waals surface area (Å²) in [6.45, 7) is 6.31. The Morgan fingerprint density at radius 3 is 2.50 bits per heavy atom. The molecule has 2 aromatic rings. The molecule has 1 atom stereocenters. The maximum Gasteiger partial charge on any atom is 0.227 e. The van der Waals surface area contributed by atoms with Crippen LogP contribution in [0.1, 0.15) is 12.5 Å². The molecule has 1 saturated heterocycles. The summed E-state index contributed by atoms with van der Waals surface area (Å²) in [5, 5.41) is 6.05. The average molecular weight is 416 g/mol. The molecule has 26 heavy (non-hydrogen) atoms. The monoisotopic (exact) mass is 414 g/mol. The van der Waals surface area contributed by atoms with Crippen molar-refractivity contribution < 1.29 is 4.79 Å². The Bertz CT molecular complexity index is 772. The smallest absolute Gasteiger partial charge is 0.227 e. The summed E-state index contributed by atoms with van der Waals surface area (Å²) in [6.07, 6.45) is 3.32. The molecule has 1 unspecified atom stereocenters. The fraction of sp³-hybridized carbons (Fsp3) is 0.444. The fourth-order valence-corrected chi connectivity index (χ4v) is 3.75. The van der Waals surface area contributed by atoms with Crippen molar-refractivity contribution in [2.24, 2.45) is 5.92 Å². The third kappa shape index (κ3) is 4.92. The number of rotatable bonds is 5. The van der Waals surface area contributed by atoms with Crippen LogP contribution in [0.5, 0.6) is 0 Å². The highest BCUT2D eigenvalue weighted by Crippen LogP contribution is 2.23. The molecule has 1 fully saturated rings. The van der Waals surface area contributed by atoms with E-state index in [1.54, 1.807) is 23.1 Å². The van der Waals surface area contributed by atoms with Crippen LogP contribution in [0.4, 0.5) is 0 Å². The Balaban J connectivity index is 1.50. The van der Waals surface area contributed by atoms with Gasteiger partial charge in [-0.3, -0.25) is 14.4 Å². The maximum atomic E-state index is 12.7. The molecule has 140 valence electrons. The van der Waals surface area contributed by atoms with Gasteiger partial charge in [-0.1, -0.05) is 47.8 Å². The fourth-order valence-electron chi connectivity index (χ4n) is 3.13. The van der Waals surface area contributed by atoms with Gasteiger partial charge in [-0.2, -0.15) is 5.10 Å². The molecule has 0 bridgehead atoms. The number of aromatic nitrogens is 2. The van der Waals surface area contributed by atoms with Crippen molar-refractivity contribution in [3.63, 3.8) is 0 Å². The lowest BCUT2D eigenvalue weighted by molar-refractivity contribution is -0.137. The highest BCUT2D eigenvalue weighted by atomic mass is 35.5. The number of amides is 1. The van der Waals surface area contributed by atoms with Crippen LogP contribution in [0, 0.1) is 5.92 Å². The van der Waals surface area contributed by atoms with E-state index in [0.717, 1.165) is 25.2 Å². The number of carbonyl (C=O) groups is 1. The Hall–Kier alpha value is -1.27. The first-order chi connectivity index (χ1) is 12.4. The van der Waals surface area contributed by atoms with E-state index in [2.05, 4.69) is 10.00 Å². The van der Waals surface area contributed by atoms with Crippen LogP contribution in [0.2, 0.25) is 15.1 Å². The zero-order valence-electron chi connectivity index (χ0n) is 14.5. The SMILES string of the molecule is CC(Cn1cc(Cl)cn1)C(=O)N1CCN(Cc2ccc(Cl)cc2Cl)CC1. The Labute approximate surface area is 168 Å². The van der Waals surface area contributed by atoms with E-state index in [9.17, 15) is 4.79 Å². The Morgan fingerprint density at radius 1 is 1.15 bits per heavy atom. The predicted octanol–water partition coefficient (Wildman–Crippen LogP) is 3.82. The number of carbonyl (C=O) groups excluding carboxylic acids is 1. The molecule has 1 amide bonds. The van der Waals surface area contributed by atoms with Gasteiger partial charge in [0.25, 0.3) is 0 Å². The number of piperazine rings is 1. The van der Waals surface area contributed by atoms with Gasteiger partial charge < -0.3 is 4.90 Å². The van der Waals surface area contributed by atoms with Gasteiger partial charge >= 0.3 is 0 Å². The van der Waals surface area contributed by atoms with E-state index in [0.29, 0.717) is 34.7 Å². The molecule has 0 N–H and O–H groups in total. The normalized spacial score (nSPS) is 16.7. The number of hydrogen-bond acceptors (Lipinski definition) is 3. The second-order valence-corrected chi connectivity index (χ2v) is 7.90. The number of benzene rings is 1. The summed E-state index contributed by atoms with van der Waals surface area (Å²) in [5.41, 5.74) is 1.06. The highest BCUT2D eigenvalue weighted by molar-refractivity contribution is 6.35. The van der Waals surface area contributed by atoms with E-state index in [1.165, 1.54) is 0 Å². The summed E-state index contributed by atoms with van der Waals surface area (Å²) in [4.78, 5) is 16.9. The van der Waals surface area contributed by atoms with Crippen molar-refractivity contribution in [1.82, 2.24) is 19.6 Å². The third-order valence-electron chi connectivity index (χ3n) is 4.58. The van der Waals surface area contributed by atoms with E-state index >= 15 is 0 Å². The molecule has 0 aliphatic carbocycles. The van der Waals surface area contributed by atoms with Crippen LogP contribution >= 0.6 is 34.8 Å². The molecule has 8 heteroatoms. The minimum atomic E-state index is -0.136. The molecule has 1 aliphatic rings. The van der Waals surface area contributed by atoms with Gasteiger partial charge in [0.1, 0.15) is 0 Å². The Morgan fingerprint density at radius 2 is 1.88 bits per heavy atom. The number of hydrogen-bond donors (Lipinski definition) is 0. The molecule has 3 rings (SSSR count). The largest absolute Gasteiger partial charge is 0.340 e. The van der Waals surface area contributed by atoms with E-state index in [-0.39, 0.29) is 11.8 Å². The zero-order valence-corrected chi connectivity index (χ0v) is 16.8. The number of nitrogens with zero attached hydrogens (tertiary/aromatic N) is 4. The molecule has 5 nitrogen and oxygen atoms in total. The van der Waals surface area contributed by atoms with Crippen molar-refractivity contribution in [2.75, 3.05) is 26.2 Å². The highest BCUT2D eigenvalue weighted by Gasteiger charge is 2.25. The van der Waals surface area contributed by atoms with Gasteiger partial charge in [-0.25, -0.2) is 0 Å². The molecule has 1 aromatic carbocycles. The van der Waals surface area contributed by atoms with Gasteiger partial charge in [0.15, 0.2) is 0 Å². The number of halogens is 3. The lowest BCUT2D eigenvalue weighted by Gasteiger charge is -2.36. The minimum absolute atomic E-state index is 0.136. The summed E-state index contributed by atoms with van der Waals surface area (Å²) in [6, 6.07) is 5.58. The van der Waals surface area contributed by atoms with E-state index < -0.39 is 0 Å². The van der Waals surface area contributed by atoms with Crippen molar-refractivity contribution in [3.05, 3.63) is 51.2 Å². The molecular formula is C18H21Cl3N4O. The summed E-state index contributed by atoms with van der Waals surface area (Å²) >= 11 is 18.1. The second-order valence-electron chi connectivity index (χ2n) is 6.62. The van der Waals surface area contributed by atoms with E-state index in [1.807, 2.05) is 24.0 Å². The van der Waals surface area contributed by atoms with E-state index in [4.69, 9.17) is 34.8 Å². The molecule has 2 heterocycles. The van der Waals surface area contributed by atoms with Crippen molar-refractivity contribution in [2.45, 2.75) is 20.0 Å². The van der Waals surface area contributed by atoms with Crippen LogP contribution < -0.4 is 0 Å². The van der Waals surface area contributed by atoms with Crippen LogP contribution in [-0.2, 0) is 17.9 Å². The van der Waals surface area contributed by atoms with Crippen LogP contribution in [0.25, 0.3) is 0 Å². The molecule has 1 aliphatic heterocycles.